The maximum atomic E-state index is 8.52. The molecule has 0 aromatic rings. The summed E-state index contributed by atoms with van der Waals surface area (Å²) in [7, 11) is -10.3. The Hall–Kier alpha value is 0.273. The quantitative estimate of drug-likeness (QED) is 0.154. The molecule has 0 saturated carbocycles. The average molecular weight is 562 g/mol. The van der Waals surface area contributed by atoms with E-state index in [0.29, 0.717) is 0 Å². The molecule has 0 saturated heterocycles. The summed E-state index contributed by atoms with van der Waals surface area (Å²) < 4.78 is 200. The van der Waals surface area contributed by atoms with Gasteiger partial charge >= 0.3 is 67.9 Å². The molecule has 0 aromatic carbocycles. The number of hydrogen-bond acceptors (Lipinski definition) is 8. The fraction of sp³-hybridized carbons (Fsp3) is 0. The van der Waals surface area contributed by atoms with Crippen molar-refractivity contribution in [2.24, 2.45) is 0 Å². The van der Waals surface area contributed by atoms with Crippen LogP contribution in [0.5, 0.6) is 0 Å². The molecule has 0 aliphatic rings. The van der Waals surface area contributed by atoms with Crippen LogP contribution in [0, 0.1) is 0 Å². The molecule has 0 unspecified atom stereocenters. The van der Waals surface area contributed by atoms with Crippen LogP contribution in [0.3, 0.4) is 0 Å². The zero-order chi connectivity index (χ0) is 41.5. The second-order valence-electron chi connectivity index (χ2n) is 0.816. The maximum absolute atomic E-state index is 8.52. The summed E-state index contributed by atoms with van der Waals surface area (Å²) >= 11 is 0. The van der Waals surface area contributed by atoms with Crippen LogP contribution in [0.15, 0.2) is 0 Å². The summed E-state index contributed by atoms with van der Waals surface area (Å²) in [5.41, 5.74) is 24.0. The molecular weight excluding hydrogens is 502 g/mol. The Bertz CT molecular complexity index is 380. The van der Waals surface area contributed by atoms with Crippen molar-refractivity contribution in [2.75, 3.05) is 0 Å². The minimum absolute atomic E-state index is 0. The van der Waals surface area contributed by atoms with Crippen molar-refractivity contribution < 1.29 is 134 Å². The van der Waals surface area contributed by atoms with Crippen LogP contribution in [0.2, 0.25) is 0 Å². The van der Waals surface area contributed by atoms with Gasteiger partial charge < -0.3 is 84.0 Å². The van der Waals surface area contributed by atoms with Gasteiger partial charge in [-0.15, -0.1) is 0 Å². The fourth-order valence-electron chi connectivity index (χ4n) is 0. The fourth-order valence-corrected chi connectivity index (χ4v) is 0. The topological polar surface area (TPSA) is 557 Å². The number of hydrogen-bond donors (Lipinski definition) is 0. The third-order valence-electron chi connectivity index (χ3n) is 0. The average Bonchev–Trinajstić information content (AvgIpc) is 2.83. The Balaban J connectivity index is -0.0000000164. The van der Waals surface area contributed by atoms with E-state index in [1.807, 2.05) is 65.8 Å². The first-order valence-electron chi connectivity index (χ1n) is 12.1. The van der Waals surface area contributed by atoms with E-state index in [1.54, 1.807) is 0 Å². The molecular formula is H36Co2O20S2+12. The Kier molecular flexibility index (Phi) is 40.3. The van der Waals surface area contributed by atoms with Gasteiger partial charge in [-0.3, -0.25) is 16.8 Å². The molecule has 0 aromatic heterocycles. The van der Waals surface area contributed by atoms with Gasteiger partial charge in [-0.25, -0.2) is 0 Å². The van der Waals surface area contributed by atoms with Crippen molar-refractivity contribution in [1.82, 2.24) is 0 Å². The molecule has 24 heteroatoms. The van der Waals surface area contributed by atoms with Crippen LogP contribution < -0.4 is 0 Å². The normalized spacial score (nSPS) is 14.8. The van der Waals surface area contributed by atoms with Gasteiger partial charge in [-0.1, -0.05) is 0 Å². The van der Waals surface area contributed by atoms with E-state index >= 15 is 0 Å². The zero-order valence-electron chi connectivity index (χ0n) is 34.1. The molecule has 0 heterocycles. The summed E-state index contributed by atoms with van der Waals surface area (Å²) in [6.07, 6.45) is 0. The zero-order valence-corrected chi connectivity index (χ0v) is 13.8. The van der Waals surface area contributed by atoms with Gasteiger partial charge in [-0.05, 0) is 0 Å². The van der Waals surface area contributed by atoms with E-state index in [1.165, 1.54) is 0 Å². The number of rotatable bonds is 0. The third-order valence-corrected chi connectivity index (χ3v) is 0. The van der Waals surface area contributed by atoms with Crippen LogP contribution in [0.1, 0.15) is 0 Å². The largest absolute Gasteiger partial charge is 2.00 e. The van der Waals surface area contributed by atoms with E-state index in [-0.39, 0.29) is 33.6 Å². The van der Waals surface area contributed by atoms with Crippen LogP contribution in [0.25, 0.3) is 0 Å². The molecule has 0 amide bonds. The summed E-state index contributed by atoms with van der Waals surface area (Å²) in [6, 6.07) is 0. The van der Waals surface area contributed by atoms with Crippen LogP contribution in [-0.2, 0) is 120 Å². The van der Waals surface area contributed by atoms with Gasteiger partial charge in [0.2, 0.25) is 0 Å². The minimum atomic E-state index is -5.17. The Morgan fingerprint density at radius 3 is 0.458 bits per heavy atom. The second kappa shape index (κ2) is 76.6. The predicted octanol–water partition coefficient (Wildman–Crippen LogP) is -13.7. The first-order chi connectivity index (χ1) is 21.0. The molecule has 0 aliphatic carbocycles. The molecule has 0 rings (SSSR count). The molecule has 20 nitrogen and oxygen atoms in total. The summed E-state index contributed by atoms with van der Waals surface area (Å²) in [6.45, 7) is 0. The van der Waals surface area contributed by atoms with Crippen LogP contribution in [-0.4, -0.2) is 69.4 Å². The standard InChI is InChI=1S/2Co.2H2O4S.12H2O/c;;2*1-5(2,3)4;;;;;;;;;;;;/h;;2*(H2,1,2,3,4);12*1H2/q2*+2;;;;;;;;;;;;;;/p+8/i/hD24. The van der Waals surface area contributed by atoms with Gasteiger partial charge in [-0.2, -0.15) is 0 Å². The van der Waals surface area contributed by atoms with Crippen LogP contribution in [0.4, 0.5) is 0 Å². The van der Waals surface area contributed by atoms with E-state index in [0.717, 1.165) is 0 Å². The molecule has 24 heavy (non-hydrogen) atoms. The Morgan fingerprint density at radius 2 is 0.458 bits per heavy atom. The first kappa shape index (κ1) is 12.6. The van der Waals surface area contributed by atoms with E-state index in [4.69, 9.17) is 69.4 Å². The smallest absolute Gasteiger partial charge is 0.759 e. The van der Waals surface area contributed by atoms with E-state index in [2.05, 4.69) is 0 Å². The summed E-state index contributed by atoms with van der Waals surface area (Å²) in [5, 5.41) is 0. The molecule has 174 valence electrons. The monoisotopic (exact) mass is 562 g/mol. The summed E-state index contributed by atoms with van der Waals surface area (Å²) in [5.74, 6) is 0. The van der Waals surface area contributed by atoms with Crippen molar-refractivity contribution in [1.29, 1.82) is 34.3 Å². The third kappa shape index (κ3) is 135000. The molecule has 0 aliphatic heterocycles. The predicted molar refractivity (Wildman–Crippen MR) is 79.4 cm³/mol. The molecule has 36 N–H and O–H groups in total. The maximum Gasteiger partial charge on any atom is 2.00 e. The molecule has 2 radical (unpaired) electrons. The Labute approximate surface area is 191 Å². The van der Waals surface area contributed by atoms with Gasteiger partial charge in [0.25, 0.3) is 0 Å². The molecule has 0 bridgehead atoms. The van der Waals surface area contributed by atoms with Crippen molar-refractivity contribution in [2.45, 2.75) is 0 Å². The van der Waals surface area contributed by atoms with Crippen molar-refractivity contribution in [3.63, 3.8) is 0 Å². The van der Waals surface area contributed by atoms with Gasteiger partial charge in [0.05, 0.1) is 0 Å². The van der Waals surface area contributed by atoms with Gasteiger partial charge in [0, 0.05) is 20.8 Å². The molecule has 0 fully saturated rings. The van der Waals surface area contributed by atoms with Gasteiger partial charge in [0.1, 0.15) is 0 Å². The second-order valence-corrected chi connectivity index (χ2v) is 2.45. The summed E-state index contributed by atoms with van der Waals surface area (Å²) in [4.78, 5) is 0. The van der Waals surface area contributed by atoms with Crippen molar-refractivity contribution in [3.8, 4) is 0 Å². The van der Waals surface area contributed by atoms with Crippen molar-refractivity contribution >= 4 is 20.8 Å². The van der Waals surface area contributed by atoms with Gasteiger partial charge in [0.15, 0.2) is 0 Å². The van der Waals surface area contributed by atoms with E-state index in [9.17, 15) is 0 Å². The molecule has 0 atom stereocenters. The first-order valence-corrected chi connectivity index (χ1v) is 4.00. The molecule has 0 spiro atoms. The Morgan fingerprint density at radius 1 is 0.458 bits per heavy atom. The van der Waals surface area contributed by atoms with E-state index < -0.39 is 20.8 Å². The minimum Gasteiger partial charge on any atom is -0.759 e. The SMILES string of the molecule is O=S(=O)([O-])[O-].O=S(=O)([O-])[O-].[2H][OH+][2H].[2H][OH+][2H].[2H][OH+][2H].[2H][OH+][2H].[2H][OH+][2H].[2H][OH+][2H].[2H][OH+][2H].[2H][OH+][2H].[2H][OH+][2H].[2H][OH+][2H].[2H][OH+][2H].[2H][OH+][2H].[Co+2].[Co+2]. The van der Waals surface area contributed by atoms with Crippen molar-refractivity contribution in [3.05, 3.63) is 0 Å². The van der Waals surface area contributed by atoms with Crippen LogP contribution >= 0.6 is 0 Å².